The Kier molecular flexibility index (Phi) is 4.47. The first-order valence-corrected chi connectivity index (χ1v) is 4.15. The molecule has 1 unspecified atom stereocenters. The molecule has 48 valence electrons. The van der Waals surface area contributed by atoms with Gasteiger partial charge in [-0.3, -0.25) is 4.79 Å². The molecule has 0 amide bonds. The Morgan fingerprint density at radius 3 is 2.50 bits per heavy atom. The van der Waals surface area contributed by atoms with Crippen molar-refractivity contribution in [2.24, 2.45) is 0 Å². The maximum absolute atomic E-state index is 10.5. The molecular formula is C5H10OS2. The Balaban J connectivity index is 3.25. The van der Waals surface area contributed by atoms with Crippen molar-refractivity contribution in [1.82, 2.24) is 0 Å². The van der Waals surface area contributed by atoms with Crippen LogP contribution in [-0.4, -0.2) is 16.6 Å². The number of thioether (sulfide) groups is 1. The molecule has 0 fully saturated rings. The summed E-state index contributed by atoms with van der Waals surface area (Å²) >= 11 is 5.32. The molecular weight excluding hydrogens is 140 g/mol. The lowest BCUT2D eigenvalue weighted by Gasteiger charge is -1.97. The van der Waals surface area contributed by atoms with Gasteiger partial charge in [-0.05, 0) is 6.26 Å². The highest BCUT2D eigenvalue weighted by Crippen LogP contribution is 2.06. The minimum absolute atomic E-state index is 0.204. The van der Waals surface area contributed by atoms with Crippen molar-refractivity contribution < 1.29 is 4.79 Å². The second-order valence-corrected chi connectivity index (χ2v) is 3.37. The van der Waals surface area contributed by atoms with Gasteiger partial charge in [0.15, 0.2) is 5.12 Å². The quantitative estimate of drug-likeness (QED) is 0.602. The van der Waals surface area contributed by atoms with Crippen molar-refractivity contribution in [3.63, 3.8) is 0 Å². The molecule has 0 aliphatic rings. The summed E-state index contributed by atoms with van der Waals surface area (Å²) in [4.78, 5) is 10.5. The van der Waals surface area contributed by atoms with Gasteiger partial charge in [0.05, 0.1) is 0 Å². The first-order valence-electron chi connectivity index (χ1n) is 2.41. The van der Waals surface area contributed by atoms with E-state index in [-0.39, 0.29) is 10.4 Å². The minimum Gasteiger partial charge on any atom is -0.287 e. The Morgan fingerprint density at radius 2 is 2.38 bits per heavy atom. The van der Waals surface area contributed by atoms with E-state index in [0.717, 1.165) is 0 Å². The molecule has 0 saturated carbocycles. The third-order valence-electron chi connectivity index (χ3n) is 0.690. The van der Waals surface area contributed by atoms with Crippen molar-refractivity contribution in [2.75, 3.05) is 6.26 Å². The SMILES string of the molecule is CSC(=O)CC(C)S. The van der Waals surface area contributed by atoms with Crippen molar-refractivity contribution in [2.45, 2.75) is 18.6 Å². The zero-order chi connectivity index (χ0) is 6.57. The molecule has 0 radical (unpaired) electrons. The van der Waals surface area contributed by atoms with Gasteiger partial charge in [-0.1, -0.05) is 18.7 Å². The molecule has 0 heterocycles. The van der Waals surface area contributed by atoms with Gasteiger partial charge >= 0.3 is 0 Å². The summed E-state index contributed by atoms with van der Waals surface area (Å²) in [5.74, 6) is 0. The molecule has 1 nitrogen and oxygen atoms in total. The monoisotopic (exact) mass is 150 g/mol. The zero-order valence-corrected chi connectivity index (χ0v) is 6.76. The molecule has 3 heteroatoms. The molecule has 1 atom stereocenters. The highest BCUT2D eigenvalue weighted by atomic mass is 32.2. The van der Waals surface area contributed by atoms with E-state index in [1.54, 1.807) is 6.26 Å². The molecule has 0 aromatic rings. The smallest absolute Gasteiger partial charge is 0.189 e. The maximum atomic E-state index is 10.5. The van der Waals surface area contributed by atoms with Gasteiger partial charge in [0.1, 0.15) is 0 Å². The summed E-state index contributed by atoms with van der Waals surface area (Å²) in [6.07, 6.45) is 2.36. The standard InChI is InChI=1S/C5H10OS2/c1-4(7)3-5(6)8-2/h4,7H,3H2,1-2H3. The van der Waals surface area contributed by atoms with Crippen LogP contribution in [0.25, 0.3) is 0 Å². The summed E-state index contributed by atoms with van der Waals surface area (Å²) < 4.78 is 0. The molecule has 0 aliphatic heterocycles. The average Bonchev–Trinajstić information content (AvgIpc) is 1.65. The van der Waals surface area contributed by atoms with Gasteiger partial charge in [0, 0.05) is 11.7 Å². The number of carbonyl (C=O) groups is 1. The molecule has 0 aliphatic carbocycles. The van der Waals surface area contributed by atoms with E-state index < -0.39 is 0 Å². The Bertz CT molecular complexity index is 80.5. The van der Waals surface area contributed by atoms with Gasteiger partial charge in [-0.2, -0.15) is 12.6 Å². The van der Waals surface area contributed by atoms with Crippen LogP contribution in [0.5, 0.6) is 0 Å². The number of rotatable bonds is 2. The normalized spacial score (nSPS) is 13.4. The summed E-state index contributed by atoms with van der Waals surface area (Å²) in [6, 6.07) is 0. The Labute approximate surface area is 59.6 Å². The molecule has 0 aromatic carbocycles. The summed E-state index contributed by atoms with van der Waals surface area (Å²) in [5, 5.41) is 0.419. The van der Waals surface area contributed by atoms with Crippen LogP contribution in [0, 0.1) is 0 Å². The zero-order valence-electron chi connectivity index (χ0n) is 5.05. The van der Waals surface area contributed by atoms with Gasteiger partial charge in [0.25, 0.3) is 0 Å². The molecule has 0 N–H and O–H groups in total. The largest absolute Gasteiger partial charge is 0.287 e. The fourth-order valence-electron chi connectivity index (χ4n) is 0.325. The number of carbonyl (C=O) groups excluding carboxylic acids is 1. The fourth-order valence-corrected chi connectivity index (χ4v) is 1.03. The fraction of sp³-hybridized carbons (Fsp3) is 0.800. The van der Waals surface area contributed by atoms with E-state index in [0.29, 0.717) is 6.42 Å². The minimum atomic E-state index is 0.204. The van der Waals surface area contributed by atoms with E-state index in [9.17, 15) is 4.79 Å². The van der Waals surface area contributed by atoms with Crippen LogP contribution >= 0.6 is 24.4 Å². The van der Waals surface area contributed by atoms with Crippen LogP contribution in [0.15, 0.2) is 0 Å². The molecule has 0 saturated heterocycles. The molecule has 0 spiro atoms. The summed E-state index contributed by atoms with van der Waals surface area (Å²) in [6.45, 7) is 1.91. The van der Waals surface area contributed by atoms with Crippen LogP contribution in [0.1, 0.15) is 13.3 Å². The summed E-state index contributed by atoms with van der Waals surface area (Å²) in [7, 11) is 0. The van der Waals surface area contributed by atoms with Crippen LogP contribution in [0.3, 0.4) is 0 Å². The lowest BCUT2D eigenvalue weighted by atomic mass is 10.4. The number of thiol groups is 1. The van der Waals surface area contributed by atoms with Crippen LogP contribution in [0.4, 0.5) is 0 Å². The first-order chi connectivity index (χ1) is 3.66. The van der Waals surface area contributed by atoms with E-state index in [2.05, 4.69) is 12.6 Å². The lowest BCUT2D eigenvalue weighted by Crippen LogP contribution is -1.98. The number of hydrogen-bond donors (Lipinski definition) is 1. The summed E-state index contributed by atoms with van der Waals surface area (Å²) in [5.41, 5.74) is 0. The van der Waals surface area contributed by atoms with Gasteiger partial charge in [-0.25, -0.2) is 0 Å². The highest BCUT2D eigenvalue weighted by Gasteiger charge is 2.01. The van der Waals surface area contributed by atoms with Crippen molar-refractivity contribution in [3.05, 3.63) is 0 Å². The van der Waals surface area contributed by atoms with Gasteiger partial charge < -0.3 is 0 Å². The second-order valence-electron chi connectivity index (χ2n) is 1.63. The van der Waals surface area contributed by atoms with Crippen molar-refractivity contribution in [3.8, 4) is 0 Å². The maximum Gasteiger partial charge on any atom is 0.189 e. The second kappa shape index (κ2) is 4.27. The van der Waals surface area contributed by atoms with Gasteiger partial charge in [-0.15, -0.1) is 0 Å². The predicted molar refractivity (Wildman–Crippen MR) is 41.6 cm³/mol. The first kappa shape index (κ1) is 8.37. The van der Waals surface area contributed by atoms with E-state index in [4.69, 9.17) is 0 Å². The molecule has 0 bridgehead atoms. The van der Waals surface area contributed by atoms with E-state index in [1.165, 1.54) is 11.8 Å². The van der Waals surface area contributed by atoms with Gasteiger partial charge in [0.2, 0.25) is 0 Å². The van der Waals surface area contributed by atoms with Crippen LogP contribution in [0.2, 0.25) is 0 Å². The van der Waals surface area contributed by atoms with E-state index in [1.807, 2.05) is 6.92 Å². The predicted octanol–water partition coefficient (Wildman–Crippen LogP) is 1.58. The Morgan fingerprint density at radius 1 is 1.88 bits per heavy atom. The highest BCUT2D eigenvalue weighted by molar-refractivity contribution is 8.13. The van der Waals surface area contributed by atoms with E-state index >= 15 is 0 Å². The molecule has 0 aromatic heterocycles. The average molecular weight is 150 g/mol. The Hall–Kier alpha value is 0.370. The molecule has 0 rings (SSSR count). The third-order valence-corrected chi connectivity index (χ3v) is 1.49. The van der Waals surface area contributed by atoms with Crippen molar-refractivity contribution >= 4 is 29.5 Å². The molecule has 8 heavy (non-hydrogen) atoms. The van der Waals surface area contributed by atoms with Crippen LogP contribution in [-0.2, 0) is 4.79 Å². The number of hydrogen-bond acceptors (Lipinski definition) is 3. The lowest BCUT2D eigenvalue weighted by molar-refractivity contribution is -0.110. The topological polar surface area (TPSA) is 17.1 Å². The third kappa shape index (κ3) is 4.53. The van der Waals surface area contributed by atoms with Crippen molar-refractivity contribution in [1.29, 1.82) is 0 Å². The van der Waals surface area contributed by atoms with Crippen LogP contribution < -0.4 is 0 Å².